The minimum Gasteiger partial charge on any atom is -0.462 e. The molecular formula is C30H40Cl2N8O4S. The highest BCUT2D eigenvalue weighted by Gasteiger charge is 2.34. The van der Waals surface area contributed by atoms with Crippen LogP contribution >= 0.6 is 34.5 Å². The highest BCUT2D eigenvalue weighted by molar-refractivity contribution is 7.17. The van der Waals surface area contributed by atoms with E-state index in [9.17, 15) is 9.59 Å². The molecule has 12 nitrogen and oxygen atoms in total. The summed E-state index contributed by atoms with van der Waals surface area (Å²) in [6, 6.07) is 0. The van der Waals surface area contributed by atoms with E-state index in [-0.39, 0.29) is 35.9 Å². The van der Waals surface area contributed by atoms with Gasteiger partial charge in [-0.15, -0.1) is 0 Å². The number of rotatable bonds is 12. The molecule has 3 aromatic heterocycles. The lowest BCUT2D eigenvalue weighted by molar-refractivity contribution is 0.0375. The number of nitrogens with zero attached hydrogens (tertiary/aromatic N) is 6. The van der Waals surface area contributed by atoms with E-state index in [0.29, 0.717) is 63.1 Å². The minimum absolute atomic E-state index is 0.0247. The van der Waals surface area contributed by atoms with Crippen molar-refractivity contribution in [2.75, 3.05) is 83.3 Å². The third-order valence-electron chi connectivity index (χ3n) is 8.35. The maximum atomic E-state index is 13.1. The first-order valence-corrected chi connectivity index (χ1v) is 16.7. The second kappa shape index (κ2) is 15.2. The maximum Gasteiger partial charge on any atom is 0.350 e. The topological polar surface area (TPSA) is 129 Å². The first-order valence-electron chi connectivity index (χ1n) is 15.2. The van der Waals surface area contributed by atoms with Crippen LogP contribution < -0.4 is 10.2 Å². The molecule has 0 aromatic carbocycles. The monoisotopic (exact) mass is 678 g/mol. The number of thiazole rings is 1. The van der Waals surface area contributed by atoms with Crippen molar-refractivity contribution in [1.29, 1.82) is 0 Å². The van der Waals surface area contributed by atoms with Crippen molar-refractivity contribution in [2.24, 2.45) is 5.92 Å². The number of hydrogen-bond acceptors (Lipinski definition) is 12. The average Bonchev–Trinajstić information content (AvgIpc) is 3.60. The lowest BCUT2D eigenvalue weighted by Crippen LogP contribution is -2.45. The smallest absolute Gasteiger partial charge is 0.350 e. The van der Waals surface area contributed by atoms with Crippen molar-refractivity contribution in [1.82, 2.24) is 29.7 Å². The van der Waals surface area contributed by atoms with Crippen molar-refractivity contribution in [3.05, 3.63) is 38.7 Å². The van der Waals surface area contributed by atoms with Crippen LogP contribution in [0.5, 0.6) is 0 Å². The Balaban J connectivity index is 1.26. The minimum atomic E-state index is -0.451. The molecule has 0 amide bonds. The van der Waals surface area contributed by atoms with Gasteiger partial charge in [-0.2, -0.15) is 0 Å². The van der Waals surface area contributed by atoms with Gasteiger partial charge in [-0.3, -0.25) is 9.69 Å². The molecule has 0 spiro atoms. The fourth-order valence-corrected chi connectivity index (χ4v) is 7.09. The van der Waals surface area contributed by atoms with Gasteiger partial charge >= 0.3 is 5.97 Å². The maximum absolute atomic E-state index is 13.1. The van der Waals surface area contributed by atoms with Crippen LogP contribution in [0.3, 0.4) is 0 Å². The third-order valence-corrected chi connectivity index (χ3v) is 10.4. The van der Waals surface area contributed by atoms with E-state index in [0.717, 1.165) is 39.3 Å². The van der Waals surface area contributed by atoms with E-state index >= 15 is 0 Å². The Morgan fingerprint density at radius 3 is 2.56 bits per heavy atom. The van der Waals surface area contributed by atoms with Gasteiger partial charge in [0, 0.05) is 71.6 Å². The number of carbonyl (C=O) groups is 2. The Hall–Kier alpha value is -2.81. The van der Waals surface area contributed by atoms with Gasteiger partial charge < -0.3 is 29.6 Å². The summed E-state index contributed by atoms with van der Waals surface area (Å²) >= 11 is 13.7. The fourth-order valence-electron chi connectivity index (χ4n) is 5.65. The molecule has 2 aliphatic rings. The quantitative estimate of drug-likeness (QED) is 0.208. The average molecular weight is 680 g/mol. The molecule has 0 aliphatic carbocycles. The van der Waals surface area contributed by atoms with Crippen LogP contribution in [0.25, 0.3) is 11.4 Å². The lowest BCUT2D eigenvalue weighted by Gasteiger charge is -2.37. The van der Waals surface area contributed by atoms with Crippen molar-refractivity contribution < 1.29 is 19.1 Å². The number of esters is 1. The third kappa shape index (κ3) is 7.95. The molecule has 15 heteroatoms. The fraction of sp³-hybridized carbons (Fsp3) is 0.567. The van der Waals surface area contributed by atoms with Gasteiger partial charge in [-0.1, -0.05) is 34.5 Å². The standard InChI is InChI=1S/C30H40Cl2N8O4S/c1-5-44-29(42)28-26(20-15-35-23(16-34-20)33-7-9-39-12-10-38(3)11-13-39)37-30(45-28)40-8-6-19(22(17-40)43-4)14-21(41)27-25(32)24(31)18(2)36-27/h15-16,19,22,36H,5-14,17H2,1-4H3,(H,33,35)/t19-,22-/m0/s1. The van der Waals surface area contributed by atoms with Crippen LogP contribution in [0.4, 0.5) is 10.9 Å². The highest BCUT2D eigenvalue weighted by Crippen LogP contribution is 2.37. The van der Waals surface area contributed by atoms with E-state index in [2.05, 4.69) is 42.0 Å². The molecule has 2 aliphatic heterocycles. The van der Waals surface area contributed by atoms with Gasteiger partial charge in [0.2, 0.25) is 0 Å². The van der Waals surface area contributed by atoms with Crippen LogP contribution in [0, 0.1) is 12.8 Å². The summed E-state index contributed by atoms with van der Waals surface area (Å²) in [5.41, 5.74) is 1.92. The summed E-state index contributed by atoms with van der Waals surface area (Å²) in [6.07, 6.45) is 4.03. The second-order valence-corrected chi connectivity index (χ2v) is 13.1. The summed E-state index contributed by atoms with van der Waals surface area (Å²) in [4.78, 5) is 50.3. The Morgan fingerprint density at radius 2 is 1.91 bits per heavy atom. The van der Waals surface area contributed by atoms with E-state index in [1.165, 1.54) is 11.3 Å². The normalized spacial score (nSPS) is 19.6. The van der Waals surface area contributed by atoms with E-state index < -0.39 is 5.97 Å². The van der Waals surface area contributed by atoms with Crippen LogP contribution in [0.1, 0.15) is 45.6 Å². The molecular weight excluding hydrogens is 639 g/mol. The number of methoxy groups -OCH3 is 1. The number of aromatic amines is 1. The zero-order chi connectivity index (χ0) is 32.1. The predicted octanol–water partition coefficient (Wildman–Crippen LogP) is 4.49. The number of aromatic nitrogens is 4. The van der Waals surface area contributed by atoms with Gasteiger partial charge in [0.1, 0.15) is 27.8 Å². The molecule has 5 heterocycles. The molecule has 3 aromatic rings. The van der Waals surface area contributed by atoms with E-state index in [4.69, 9.17) is 37.7 Å². The highest BCUT2D eigenvalue weighted by atomic mass is 35.5. The number of likely N-dealkylation sites (N-methyl/N-ethyl adjacent to an activating group) is 1. The number of aryl methyl sites for hydroxylation is 1. The first-order chi connectivity index (χ1) is 21.7. The lowest BCUT2D eigenvalue weighted by atomic mass is 9.88. The molecule has 2 atom stereocenters. The van der Waals surface area contributed by atoms with E-state index in [1.807, 2.05) is 0 Å². The van der Waals surface area contributed by atoms with Crippen LogP contribution in [0.15, 0.2) is 12.4 Å². The summed E-state index contributed by atoms with van der Waals surface area (Å²) in [6.45, 7) is 10.9. The molecule has 0 radical (unpaired) electrons. The summed E-state index contributed by atoms with van der Waals surface area (Å²) in [5.74, 6) is 0.0856. The van der Waals surface area contributed by atoms with Gasteiger partial charge in [0.05, 0.1) is 35.1 Å². The van der Waals surface area contributed by atoms with Crippen LogP contribution in [0.2, 0.25) is 10.0 Å². The first kappa shape index (κ1) is 33.6. The number of piperidine rings is 1. The number of halogens is 2. The van der Waals surface area contributed by atoms with Gasteiger partial charge in [0.25, 0.3) is 0 Å². The van der Waals surface area contributed by atoms with Gasteiger partial charge in [0.15, 0.2) is 10.9 Å². The molecule has 0 saturated carbocycles. The van der Waals surface area contributed by atoms with Crippen molar-refractivity contribution >= 4 is 57.2 Å². The Bertz CT molecular complexity index is 1480. The van der Waals surface area contributed by atoms with Gasteiger partial charge in [-0.05, 0) is 33.2 Å². The number of Topliss-reactive ketones (excluding diaryl/α,β-unsaturated/α-hetero) is 1. The molecule has 5 rings (SSSR count). The Kier molecular flexibility index (Phi) is 11.3. The number of anilines is 2. The zero-order valence-corrected chi connectivity index (χ0v) is 28.4. The van der Waals surface area contributed by atoms with Crippen LogP contribution in [-0.4, -0.2) is 121 Å². The molecule has 244 valence electrons. The number of ketones is 1. The molecule has 0 bridgehead atoms. The number of piperazine rings is 1. The molecule has 2 fully saturated rings. The number of ether oxygens (including phenoxy) is 2. The summed E-state index contributed by atoms with van der Waals surface area (Å²) in [5, 5.41) is 4.62. The summed E-state index contributed by atoms with van der Waals surface area (Å²) < 4.78 is 11.2. The predicted molar refractivity (Wildman–Crippen MR) is 177 cm³/mol. The van der Waals surface area contributed by atoms with E-state index in [1.54, 1.807) is 33.4 Å². The van der Waals surface area contributed by atoms with Crippen molar-refractivity contribution in [2.45, 2.75) is 32.8 Å². The number of carbonyl (C=O) groups excluding carboxylic acids is 2. The largest absolute Gasteiger partial charge is 0.462 e. The number of H-pyrrole nitrogens is 1. The number of hydrogen-bond donors (Lipinski definition) is 2. The number of nitrogens with one attached hydrogen (secondary N) is 2. The zero-order valence-electron chi connectivity index (χ0n) is 26.1. The molecule has 45 heavy (non-hydrogen) atoms. The van der Waals surface area contributed by atoms with Crippen molar-refractivity contribution in [3.63, 3.8) is 0 Å². The SMILES string of the molecule is CCOC(=O)c1sc(N2CC[C@@H](CC(=O)c3[nH]c(C)c(Cl)c3Cl)[C@@H](OC)C2)nc1-c1cnc(NCCN2CCN(C)CC2)cn1. The van der Waals surface area contributed by atoms with Crippen molar-refractivity contribution in [3.8, 4) is 11.4 Å². The van der Waals surface area contributed by atoms with Crippen LogP contribution in [-0.2, 0) is 9.47 Å². The second-order valence-electron chi connectivity index (χ2n) is 11.4. The molecule has 0 unspecified atom stereocenters. The Morgan fingerprint density at radius 1 is 1.13 bits per heavy atom. The summed E-state index contributed by atoms with van der Waals surface area (Å²) in [7, 11) is 3.79. The van der Waals surface area contributed by atoms with Gasteiger partial charge in [-0.25, -0.2) is 19.7 Å². The Labute approximate surface area is 277 Å². The molecule has 2 saturated heterocycles. The molecule has 2 N–H and O–H groups in total.